The van der Waals surface area contributed by atoms with E-state index >= 15 is 0 Å². The number of rotatable bonds is 3. The van der Waals surface area contributed by atoms with E-state index in [1.807, 2.05) is 3.26 Å². The maximum absolute atomic E-state index is 3.65. The van der Waals surface area contributed by atoms with Crippen molar-refractivity contribution in [3.63, 3.8) is 0 Å². The van der Waals surface area contributed by atoms with Gasteiger partial charge in [-0.15, -0.1) is 0 Å². The number of fused-ring (bicyclic) bond motifs is 3. The fourth-order valence-corrected chi connectivity index (χ4v) is 28.2. The summed E-state index contributed by atoms with van der Waals surface area (Å²) >= 11 is -3.65. The molecule has 29 heavy (non-hydrogen) atoms. The van der Waals surface area contributed by atoms with Gasteiger partial charge in [-0.05, 0) is 0 Å². The van der Waals surface area contributed by atoms with E-state index in [1.165, 1.54) is 48.8 Å². The normalized spacial score (nSPS) is 19.4. The van der Waals surface area contributed by atoms with Gasteiger partial charge in [-0.1, -0.05) is 0 Å². The summed E-state index contributed by atoms with van der Waals surface area (Å²) in [4.78, 5) is 0. The Bertz CT molecular complexity index is 1070. The molecule has 0 nitrogen and oxygen atoms in total. The Labute approximate surface area is 177 Å². The van der Waals surface area contributed by atoms with Crippen LogP contribution < -0.4 is 3.32 Å². The van der Waals surface area contributed by atoms with E-state index in [4.69, 9.17) is 0 Å². The molecule has 0 spiro atoms. The zero-order valence-electron chi connectivity index (χ0n) is 18.2. The minimum atomic E-state index is -3.65. The van der Waals surface area contributed by atoms with Crippen LogP contribution in [0.15, 0.2) is 66.8 Å². The molecule has 0 aromatic heterocycles. The van der Waals surface area contributed by atoms with Gasteiger partial charge >= 0.3 is 178 Å². The first-order chi connectivity index (χ1) is 14.0. The summed E-state index contributed by atoms with van der Waals surface area (Å²) in [5, 5.41) is 0. The molecule has 150 valence electrons. The summed E-state index contributed by atoms with van der Waals surface area (Å²) in [6, 6.07) is 16.3. The van der Waals surface area contributed by atoms with E-state index in [0.717, 1.165) is 12.3 Å². The van der Waals surface area contributed by atoms with Crippen LogP contribution in [0.1, 0.15) is 50.2 Å². The van der Waals surface area contributed by atoms with Crippen LogP contribution in [0.3, 0.4) is 0 Å². The van der Waals surface area contributed by atoms with Gasteiger partial charge in [0.2, 0.25) is 0 Å². The second kappa shape index (κ2) is 7.12. The van der Waals surface area contributed by atoms with Gasteiger partial charge in [-0.25, -0.2) is 0 Å². The number of hydrogen-bond acceptors (Lipinski definition) is 0. The predicted molar refractivity (Wildman–Crippen MR) is 125 cm³/mol. The zero-order chi connectivity index (χ0) is 20.1. The Morgan fingerprint density at radius 3 is 2.28 bits per heavy atom. The Morgan fingerprint density at radius 2 is 1.52 bits per heavy atom. The third kappa shape index (κ3) is 2.91. The van der Waals surface area contributed by atoms with Gasteiger partial charge in [-0.2, -0.15) is 0 Å². The molecule has 0 saturated heterocycles. The van der Waals surface area contributed by atoms with Gasteiger partial charge in [-0.3, -0.25) is 0 Å². The summed E-state index contributed by atoms with van der Waals surface area (Å²) in [7, 11) is 0. The van der Waals surface area contributed by atoms with Crippen molar-refractivity contribution in [1.29, 1.82) is 0 Å². The van der Waals surface area contributed by atoms with Crippen molar-refractivity contribution >= 4 is 6.58 Å². The molecule has 3 aliphatic rings. The molecule has 0 radical (unpaired) electrons. The van der Waals surface area contributed by atoms with Crippen LogP contribution >= 0.6 is 0 Å². The van der Waals surface area contributed by atoms with Crippen LogP contribution in [-0.2, 0) is 24.4 Å². The van der Waals surface area contributed by atoms with Crippen molar-refractivity contribution in [2.75, 3.05) is 0 Å². The van der Waals surface area contributed by atoms with Crippen molar-refractivity contribution in [1.82, 2.24) is 0 Å². The van der Waals surface area contributed by atoms with Gasteiger partial charge in [0, 0.05) is 0 Å². The average molecular weight is 549 g/mol. The van der Waals surface area contributed by atoms with Crippen molar-refractivity contribution in [3.05, 3.63) is 77.9 Å². The maximum atomic E-state index is 2.77. The minimum absolute atomic E-state index is 0.629. The molecule has 1 saturated carbocycles. The van der Waals surface area contributed by atoms with Crippen molar-refractivity contribution in [3.8, 4) is 11.1 Å². The van der Waals surface area contributed by atoms with Crippen molar-refractivity contribution in [2.45, 2.75) is 58.5 Å². The number of hydrogen-bond donors (Lipinski definition) is 0. The summed E-state index contributed by atoms with van der Waals surface area (Å²) in [6.45, 7) is 2.58. The molecule has 0 bridgehead atoms. The molecule has 0 atom stereocenters. The van der Waals surface area contributed by atoms with Gasteiger partial charge in [0.25, 0.3) is 0 Å². The number of allylic oxidation sites excluding steroid dienone is 4. The molecule has 0 heterocycles. The summed E-state index contributed by atoms with van der Waals surface area (Å²) in [5.41, 5.74) is 6.14. The quantitative estimate of drug-likeness (QED) is 0.300. The van der Waals surface area contributed by atoms with Crippen molar-refractivity contribution < 1.29 is 18.0 Å². The van der Waals surface area contributed by atoms with E-state index in [-0.39, 0.29) is 0 Å². The zero-order valence-corrected chi connectivity index (χ0v) is 21.8. The van der Waals surface area contributed by atoms with Crippen LogP contribution in [0.2, 0.25) is 13.0 Å². The third-order valence-electron chi connectivity index (χ3n) is 8.86. The second-order valence-electron chi connectivity index (χ2n) is 10.5. The van der Waals surface area contributed by atoms with Gasteiger partial charge in [0.15, 0.2) is 0 Å². The summed E-state index contributed by atoms with van der Waals surface area (Å²) < 4.78 is 9.84. The molecule has 5 rings (SSSR count). The van der Waals surface area contributed by atoms with Gasteiger partial charge < -0.3 is 0 Å². The van der Waals surface area contributed by atoms with Gasteiger partial charge in [0.05, 0.1) is 0 Å². The third-order valence-corrected chi connectivity index (χ3v) is 35.3. The van der Waals surface area contributed by atoms with E-state index in [9.17, 15) is 0 Å². The Morgan fingerprint density at radius 1 is 0.828 bits per heavy atom. The SMILES string of the molecule is C[C](C1CCCCC1)=[Hf]([CH3])([CH3])([c]1cccc2c1Cc1ccccc1-2)[CH]1C=CC=C1. The monoisotopic (exact) mass is 550 g/mol. The van der Waals surface area contributed by atoms with E-state index in [2.05, 4.69) is 83.1 Å². The molecular formula is C28H34Hf. The molecule has 0 N–H and O–H groups in total. The Kier molecular flexibility index (Phi) is 4.81. The van der Waals surface area contributed by atoms with E-state index in [0.29, 0.717) is 3.67 Å². The van der Waals surface area contributed by atoms with Gasteiger partial charge in [0.1, 0.15) is 0 Å². The fourth-order valence-electron chi connectivity index (χ4n) is 6.71. The molecular weight excluding hydrogens is 515 g/mol. The molecule has 1 heteroatoms. The molecule has 2 aromatic carbocycles. The van der Waals surface area contributed by atoms with Crippen LogP contribution in [0.5, 0.6) is 0 Å². The summed E-state index contributed by atoms with van der Waals surface area (Å²) in [5.74, 6) is 0.830. The topological polar surface area (TPSA) is 0 Å². The standard InChI is InChI=1S/C13H9.C8H14.C5H5.2CH3.Hf/c1-3-7-12-10(5-1)9-11-6-2-4-8-13(11)12;1-2-8-6-4-3-5-7-8;1-2-4-5-3-1;;;/h1-5,7-8H,9H2;8H,3-7H2,1H3;1-5H;2*1H3;. The van der Waals surface area contributed by atoms with Crippen LogP contribution in [0.25, 0.3) is 11.1 Å². The van der Waals surface area contributed by atoms with Crippen LogP contribution in [-0.4, -0.2) is 3.26 Å². The molecule has 0 amide bonds. The molecule has 3 aliphatic carbocycles. The van der Waals surface area contributed by atoms with Crippen molar-refractivity contribution in [2.24, 2.45) is 5.92 Å². The average Bonchev–Trinajstić information content (AvgIpc) is 3.42. The van der Waals surface area contributed by atoms with E-state index in [1.54, 1.807) is 8.88 Å². The number of benzene rings is 2. The van der Waals surface area contributed by atoms with Crippen LogP contribution in [0.4, 0.5) is 0 Å². The van der Waals surface area contributed by atoms with E-state index < -0.39 is 18.0 Å². The first-order valence-electron chi connectivity index (χ1n) is 11.6. The molecule has 0 unspecified atom stereocenters. The Balaban J connectivity index is 1.79. The molecule has 0 aliphatic heterocycles. The molecule has 2 aromatic rings. The Hall–Kier alpha value is -1.34. The predicted octanol–water partition coefficient (Wildman–Crippen LogP) is 7.36. The second-order valence-corrected chi connectivity index (χ2v) is 35.5. The first-order valence-corrected chi connectivity index (χ1v) is 24.4. The molecule has 1 fully saturated rings. The fraction of sp³-hybridized carbons (Fsp3) is 0.393. The summed E-state index contributed by atoms with van der Waals surface area (Å²) in [6.07, 6.45) is 17.9. The first kappa shape index (κ1) is 19.6. The van der Waals surface area contributed by atoms with Crippen LogP contribution in [0, 0.1) is 5.92 Å².